The number of methoxy groups -OCH3 is 1. The highest BCUT2D eigenvalue weighted by molar-refractivity contribution is 5.92. The molecule has 2 rings (SSSR count). The Labute approximate surface area is 151 Å². The number of aliphatic carboxylic acids is 1. The van der Waals surface area contributed by atoms with Crippen LogP contribution < -0.4 is 15.2 Å². The summed E-state index contributed by atoms with van der Waals surface area (Å²) in [7, 11) is 1.46. The fraction of sp³-hybridized carbons (Fsp3) is 0.389. The molecule has 0 bridgehead atoms. The van der Waals surface area contributed by atoms with Crippen molar-refractivity contribution in [3.63, 3.8) is 0 Å². The molecule has 0 aromatic heterocycles. The van der Waals surface area contributed by atoms with Gasteiger partial charge in [0.2, 0.25) is 5.91 Å². The van der Waals surface area contributed by atoms with Gasteiger partial charge in [0.15, 0.2) is 18.1 Å². The second-order valence-corrected chi connectivity index (χ2v) is 6.37. The Kier molecular flexibility index (Phi) is 5.86. The van der Waals surface area contributed by atoms with Gasteiger partial charge in [-0.2, -0.15) is 0 Å². The van der Waals surface area contributed by atoms with E-state index < -0.39 is 17.3 Å². The molecule has 1 unspecified atom stereocenters. The predicted molar refractivity (Wildman–Crippen MR) is 93.7 cm³/mol. The lowest BCUT2D eigenvalue weighted by Crippen LogP contribution is -2.34. The maximum atomic E-state index is 12.3. The molecule has 1 aromatic rings. The number of nitrogens with zero attached hydrogens (tertiary/aromatic N) is 1. The summed E-state index contributed by atoms with van der Waals surface area (Å²) in [6.07, 6.45) is 3.44. The van der Waals surface area contributed by atoms with Crippen LogP contribution in [0, 0.1) is 5.41 Å². The average Bonchev–Trinajstić information content (AvgIpc) is 3.02. The third-order valence-electron chi connectivity index (χ3n) is 4.28. The third kappa shape index (κ3) is 4.53. The molecule has 8 heteroatoms. The molecule has 1 saturated heterocycles. The predicted octanol–water partition coefficient (Wildman–Crippen LogP) is 0.896. The van der Waals surface area contributed by atoms with Crippen LogP contribution in [-0.4, -0.2) is 54.6 Å². The average molecular weight is 362 g/mol. The van der Waals surface area contributed by atoms with Crippen molar-refractivity contribution in [2.45, 2.75) is 13.3 Å². The SMILES string of the molecule is COc1cc(C=CC(=O)N2CCC(C)(C(=O)O)C2)ccc1OCC(N)=O. The first kappa shape index (κ1) is 19.3. The molecule has 2 amide bonds. The van der Waals surface area contributed by atoms with Crippen LogP contribution >= 0.6 is 0 Å². The minimum absolute atomic E-state index is 0.189. The lowest BCUT2D eigenvalue weighted by atomic mass is 9.90. The van der Waals surface area contributed by atoms with Crippen LogP contribution in [0.1, 0.15) is 18.9 Å². The van der Waals surface area contributed by atoms with Crippen molar-refractivity contribution in [2.24, 2.45) is 11.1 Å². The molecule has 8 nitrogen and oxygen atoms in total. The number of hydrogen-bond acceptors (Lipinski definition) is 5. The quantitative estimate of drug-likeness (QED) is 0.696. The summed E-state index contributed by atoms with van der Waals surface area (Å²) in [5.74, 6) is -0.969. The zero-order valence-corrected chi connectivity index (χ0v) is 14.7. The first-order chi connectivity index (χ1) is 12.2. The number of likely N-dealkylation sites (tertiary alicyclic amines) is 1. The van der Waals surface area contributed by atoms with Crippen LogP contribution in [-0.2, 0) is 14.4 Å². The number of carbonyl (C=O) groups is 3. The topological polar surface area (TPSA) is 119 Å². The normalized spacial score (nSPS) is 19.5. The number of ether oxygens (including phenoxy) is 2. The van der Waals surface area contributed by atoms with Crippen molar-refractivity contribution in [3.8, 4) is 11.5 Å². The third-order valence-corrected chi connectivity index (χ3v) is 4.28. The highest BCUT2D eigenvalue weighted by atomic mass is 16.5. The Bertz CT molecular complexity index is 745. The zero-order valence-electron chi connectivity index (χ0n) is 14.7. The molecule has 26 heavy (non-hydrogen) atoms. The van der Waals surface area contributed by atoms with Gasteiger partial charge in [0.1, 0.15) is 0 Å². The van der Waals surface area contributed by atoms with Gasteiger partial charge in [-0.3, -0.25) is 14.4 Å². The fourth-order valence-electron chi connectivity index (χ4n) is 2.65. The number of carboxylic acid groups (broad SMARTS) is 1. The molecule has 0 radical (unpaired) electrons. The van der Waals surface area contributed by atoms with Crippen molar-refractivity contribution < 1.29 is 29.0 Å². The van der Waals surface area contributed by atoms with E-state index in [0.717, 1.165) is 0 Å². The van der Waals surface area contributed by atoms with E-state index in [1.54, 1.807) is 31.2 Å². The van der Waals surface area contributed by atoms with E-state index in [-0.39, 0.29) is 19.1 Å². The molecule has 140 valence electrons. The van der Waals surface area contributed by atoms with Gasteiger partial charge in [0, 0.05) is 19.2 Å². The molecule has 1 aliphatic heterocycles. The maximum Gasteiger partial charge on any atom is 0.311 e. The van der Waals surface area contributed by atoms with Crippen LogP contribution in [0.15, 0.2) is 24.3 Å². The molecule has 0 spiro atoms. The van der Waals surface area contributed by atoms with Crippen LogP contribution in [0.25, 0.3) is 6.08 Å². The highest BCUT2D eigenvalue weighted by Crippen LogP contribution is 2.31. The van der Waals surface area contributed by atoms with Crippen LogP contribution in [0.4, 0.5) is 0 Å². The van der Waals surface area contributed by atoms with Crippen LogP contribution in [0.2, 0.25) is 0 Å². The van der Waals surface area contributed by atoms with Gasteiger partial charge in [0.05, 0.1) is 12.5 Å². The number of primary amides is 1. The van der Waals surface area contributed by atoms with Gasteiger partial charge in [-0.1, -0.05) is 6.07 Å². The maximum absolute atomic E-state index is 12.3. The van der Waals surface area contributed by atoms with E-state index in [9.17, 15) is 19.5 Å². The van der Waals surface area contributed by atoms with Crippen molar-refractivity contribution in [1.29, 1.82) is 0 Å². The summed E-state index contributed by atoms with van der Waals surface area (Å²) in [5.41, 5.74) is 4.84. The summed E-state index contributed by atoms with van der Waals surface area (Å²) in [4.78, 5) is 35.8. The van der Waals surface area contributed by atoms with Gasteiger partial charge in [-0.25, -0.2) is 0 Å². The summed E-state index contributed by atoms with van der Waals surface area (Å²) in [5, 5.41) is 9.23. The Balaban J connectivity index is 2.04. The van der Waals surface area contributed by atoms with E-state index in [4.69, 9.17) is 15.2 Å². The smallest absolute Gasteiger partial charge is 0.311 e. The first-order valence-electron chi connectivity index (χ1n) is 8.05. The minimum Gasteiger partial charge on any atom is -0.493 e. The number of nitrogens with two attached hydrogens (primary N) is 1. The Morgan fingerprint density at radius 2 is 2.08 bits per heavy atom. The molecule has 1 heterocycles. The molecule has 0 aliphatic carbocycles. The number of rotatable bonds is 7. The van der Waals surface area contributed by atoms with E-state index in [1.807, 2.05) is 0 Å². The lowest BCUT2D eigenvalue weighted by molar-refractivity contribution is -0.147. The molecular weight excluding hydrogens is 340 g/mol. The second-order valence-electron chi connectivity index (χ2n) is 6.37. The van der Waals surface area contributed by atoms with Gasteiger partial charge >= 0.3 is 5.97 Å². The molecule has 0 saturated carbocycles. The van der Waals surface area contributed by atoms with Crippen molar-refractivity contribution >= 4 is 23.9 Å². The molecule has 1 aliphatic rings. The van der Waals surface area contributed by atoms with Gasteiger partial charge in [0.25, 0.3) is 5.91 Å². The highest BCUT2D eigenvalue weighted by Gasteiger charge is 2.41. The van der Waals surface area contributed by atoms with E-state index in [1.165, 1.54) is 18.1 Å². The summed E-state index contributed by atoms with van der Waals surface area (Å²) in [6, 6.07) is 4.97. The number of amides is 2. The van der Waals surface area contributed by atoms with Crippen molar-refractivity contribution in [1.82, 2.24) is 4.90 Å². The van der Waals surface area contributed by atoms with Crippen molar-refractivity contribution in [2.75, 3.05) is 26.8 Å². The molecule has 1 atom stereocenters. The molecule has 1 aromatic carbocycles. The monoisotopic (exact) mass is 362 g/mol. The van der Waals surface area contributed by atoms with Gasteiger partial charge in [-0.05, 0) is 37.1 Å². The summed E-state index contributed by atoms with van der Waals surface area (Å²) in [6.45, 7) is 1.98. The number of hydrogen-bond donors (Lipinski definition) is 2. The Morgan fingerprint density at radius 3 is 2.65 bits per heavy atom. The van der Waals surface area contributed by atoms with Crippen LogP contribution in [0.3, 0.4) is 0 Å². The lowest BCUT2D eigenvalue weighted by Gasteiger charge is -2.19. The first-order valence-corrected chi connectivity index (χ1v) is 8.05. The molecule has 1 fully saturated rings. The summed E-state index contributed by atoms with van der Waals surface area (Å²) >= 11 is 0. The zero-order chi connectivity index (χ0) is 19.3. The van der Waals surface area contributed by atoms with E-state index in [0.29, 0.717) is 30.0 Å². The Hall–Kier alpha value is -3.03. The standard InChI is InChI=1S/C18H22N2O6/c1-18(17(23)24)7-8-20(11-18)16(22)6-4-12-3-5-13(14(9-12)25-2)26-10-15(19)21/h3-6,9H,7-8,10-11H2,1-2H3,(H2,19,21)(H,23,24). The Morgan fingerprint density at radius 1 is 1.35 bits per heavy atom. The number of carbonyl (C=O) groups excluding carboxylic acids is 2. The van der Waals surface area contributed by atoms with Crippen LogP contribution in [0.5, 0.6) is 11.5 Å². The largest absolute Gasteiger partial charge is 0.493 e. The van der Waals surface area contributed by atoms with E-state index in [2.05, 4.69) is 0 Å². The number of carboxylic acids is 1. The fourth-order valence-corrected chi connectivity index (χ4v) is 2.65. The summed E-state index contributed by atoms with van der Waals surface area (Å²) < 4.78 is 10.4. The number of benzene rings is 1. The van der Waals surface area contributed by atoms with Crippen molar-refractivity contribution in [3.05, 3.63) is 29.8 Å². The molecular formula is C18H22N2O6. The second kappa shape index (κ2) is 7.90. The molecule has 3 N–H and O–H groups in total. The minimum atomic E-state index is -0.897. The van der Waals surface area contributed by atoms with E-state index >= 15 is 0 Å². The van der Waals surface area contributed by atoms with Gasteiger partial charge in [-0.15, -0.1) is 0 Å². The van der Waals surface area contributed by atoms with Gasteiger partial charge < -0.3 is 25.2 Å².